The van der Waals surface area contributed by atoms with Crippen molar-refractivity contribution >= 4 is 5.91 Å². The summed E-state index contributed by atoms with van der Waals surface area (Å²) in [5.41, 5.74) is 5.60. The van der Waals surface area contributed by atoms with Crippen LogP contribution in [-0.2, 0) is 9.53 Å². The lowest BCUT2D eigenvalue weighted by Crippen LogP contribution is -2.59. The number of nitrogens with two attached hydrogens (primary N) is 1. The van der Waals surface area contributed by atoms with Crippen LogP contribution >= 0.6 is 0 Å². The van der Waals surface area contributed by atoms with Crippen molar-refractivity contribution < 1.29 is 9.53 Å². The molecule has 0 spiro atoms. The molecule has 1 atom stereocenters. The lowest BCUT2D eigenvalue weighted by molar-refractivity contribution is -0.141. The van der Waals surface area contributed by atoms with Crippen LogP contribution in [0.5, 0.6) is 0 Å². The molecule has 2 heterocycles. The fourth-order valence-corrected chi connectivity index (χ4v) is 2.95. The molecular weight excluding hydrogens is 230 g/mol. The summed E-state index contributed by atoms with van der Waals surface area (Å²) < 4.78 is 5.31. The number of likely N-dealkylation sites (tertiary alicyclic amines) is 1. The SMILES string of the molecule is CN(C)CC1CCCN1C(=O)C1(N)CCOCC1. The number of amides is 1. The third-order valence-electron chi connectivity index (χ3n) is 4.02. The highest BCUT2D eigenvalue weighted by Crippen LogP contribution is 2.26. The average molecular weight is 255 g/mol. The highest BCUT2D eigenvalue weighted by Gasteiger charge is 2.42. The maximum absolute atomic E-state index is 12.6. The lowest BCUT2D eigenvalue weighted by Gasteiger charge is -2.38. The molecule has 0 aromatic heterocycles. The number of nitrogens with zero attached hydrogens (tertiary/aromatic N) is 2. The molecule has 104 valence electrons. The van der Waals surface area contributed by atoms with Gasteiger partial charge in [0, 0.05) is 32.3 Å². The minimum Gasteiger partial charge on any atom is -0.381 e. The zero-order chi connectivity index (χ0) is 13.2. The second-order valence-electron chi connectivity index (χ2n) is 5.83. The van der Waals surface area contributed by atoms with Gasteiger partial charge in [-0.1, -0.05) is 0 Å². The first-order chi connectivity index (χ1) is 8.53. The smallest absolute Gasteiger partial charge is 0.243 e. The van der Waals surface area contributed by atoms with Crippen LogP contribution in [0.3, 0.4) is 0 Å². The van der Waals surface area contributed by atoms with Gasteiger partial charge in [-0.05, 0) is 39.8 Å². The van der Waals surface area contributed by atoms with E-state index in [1.165, 1.54) is 0 Å². The Morgan fingerprint density at radius 1 is 1.44 bits per heavy atom. The predicted molar refractivity (Wildman–Crippen MR) is 70.3 cm³/mol. The molecular formula is C13H25N3O2. The normalized spacial score (nSPS) is 27.8. The Hall–Kier alpha value is -0.650. The summed E-state index contributed by atoms with van der Waals surface area (Å²) in [6, 6.07) is 0.329. The number of likely N-dealkylation sites (N-methyl/N-ethyl adjacent to an activating group) is 1. The Kier molecular flexibility index (Phi) is 4.25. The summed E-state index contributed by atoms with van der Waals surface area (Å²) in [7, 11) is 4.10. The van der Waals surface area contributed by atoms with E-state index >= 15 is 0 Å². The molecule has 2 fully saturated rings. The van der Waals surface area contributed by atoms with Gasteiger partial charge in [-0.3, -0.25) is 4.79 Å². The van der Waals surface area contributed by atoms with Gasteiger partial charge in [0.25, 0.3) is 0 Å². The van der Waals surface area contributed by atoms with E-state index in [-0.39, 0.29) is 5.91 Å². The quantitative estimate of drug-likeness (QED) is 0.774. The molecule has 1 amide bonds. The van der Waals surface area contributed by atoms with Gasteiger partial charge in [-0.15, -0.1) is 0 Å². The minimum absolute atomic E-state index is 0.134. The Morgan fingerprint density at radius 2 is 2.11 bits per heavy atom. The molecule has 2 rings (SSSR count). The minimum atomic E-state index is -0.687. The summed E-state index contributed by atoms with van der Waals surface area (Å²) in [5.74, 6) is 0.134. The summed E-state index contributed by atoms with van der Waals surface area (Å²) in [5, 5.41) is 0. The van der Waals surface area contributed by atoms with Gasteiger partial charge in [0.15, 0.2) is 0 Å². The Balaban J connectivity index is 2.02. The number of carbonyl (C=O) groups is 1. The molecule has 0 aromatic rings. The lowest BCUT2D eigenvalue weighted by atomic mass is 9.89. The van der Waals surface area contributed by atoms with E-state index in [1.54, 1.807) is 0 Å². The maximum Gasteiger partial charge on any atom is 0.243 e. The average Bonchev–Trinajstić information content (AvgIpc) is 2.76. The number of hydrogen-bond donors (Lipinski definition) is 1. The molecule has 5 nitrogen and oxygen atoms in total. The second kappa shape index (κ2) is 5.55. The van der Waals surface area contributed by atoms with Crippen molar-refractivity contribution in [2.75, 3.05) is 40.4 Å². The van der Waals surface area contributed by atoms with Gasteiger partial charge in [0.2, 0.25) is 5.91 Å². The van der Waals surface area contributed by atoms with Crippen LogP contribution in [0.4, 0.5) is 0 Å². The predicted octanol–water partition coefficient (Wildman–Crippen LogP) is 0.0469. The van der Waals surface area contributed by atoms with Gasteiger partial charge < -0.3 is 20.3 Å². The molecule has 5 heteroatoms. The van der Waals surface area contributed by atoms with Crippen LogP contribution in [0.15, 0.2) is 0 Å². The molecule has 2 aliphatic heterocycles. The molecule has 0 aliphatic carbocycles. The first kappa shape index (κ1) is 13.8. The summed E-state index contributed by atoms with van der Waals surface area (Å²) in [6.07, 6.45) is 3.49. The highest BCUT2D eigenvalue weighted by molar-refractivity contribution is 5.86. The number of carbonyl (C=O) groups excluding carboxylic acids is 1. The zero-order valence-electron chi connectivity index (χ0n) is 11.5. The van der Waals surface area contributed by atoms with E-state index in [9.17, 15) is 4.79 Å². The van der Waals surface area contributed by atoms with E-state index in [1.807, 2.05) is 19.0 Å². The van der Waals surface area contributed by atoms with Crippen LogP contribution in [0.2, 0.25) is 0 Å². The maximum atomic E-state index is 12.6. The van der Waals surface area contributed by atoms with Gasteiger partial charge in [-0.25, -0.2) is 0 Å². The second-order valence-corrected chi connectivity index (χ2v) is 5.83. The van der Waals surface area contributed by atoms with Crippen LogP contribution in [-0.4, -0.2) is 67.7 Å². The van der Waals surface area contributed by atoms with Crippen molar-refractivity contribution in [1.82, 2.24) is 9.80 Å². The van der Waals surface area contributed by atoms with Crippen molar-refractivity contribution in [3.63, 3.8) is 0 Å². The molecule has 0 bridgehead atoms. The number of hydrogen-bond acceptors (Lipinski definition) is 4. The standard InChI is InChI=1S/C13H25N3O2/c1-15(2)10-11-4-3-7-16(11)12(17)13(14)5-8-18-9-6-13/h11H,3-10,14H2,1-2H3. The topological polar surface area (TPSA) is 58.8 Å². The Bertz CT molecular complexity index is 301. The van der Waals surface area contributed by atoms with Crippen molar-refractivity contribution in [1.29, 1.82) is 0 Å². The van der Waals surface area contributed by atoms with E-state index in [2.05, 4.69) is 4.90 Å². The summed E-state index contributed by atoms with van der Waals surface area (Å²) in [6.45, 7) is 3.00. The van der Waals surface area contributed by atoms with Gasteiger partial charge in [0.05, 0.1) is 5.54 Å². The van der Waals surface area contributed by atoms with Gasteiger partial charge in [0.1, 0.15) is 0 Å². The van der Waals surface area contributed by atoms with Crippen molar-refractivity contribution in [2.45, 2.75) is 37.3 Å². The van der Waals surface area contributed by atoms with Crippen molar-refractivity contribution in [3.8, 4) is 0 Å². The molecule has 2 saturated heterocycles. The first-order valence-corrected chi connectivity index (χ1v) is 6.85. The third kappa shape index (κ3) is 2.84. The fraction of sp³-hybridized carbons (Fsp3) is 0.923. The first-order valence-electron chi connectivity index (χ1n) is 6.85. The molecule has 0 aromatic carbocycles. The fourth-order valence-electron chi connectivity index (χ4n) is 2.95. The number of ether oxygens (including phenoxy) is 1. The molecule has 2 aliphatic rings. The summed E-state index contributed by atoms with van der Waals surface area (Å²) in [4.78, 5) is 16.8. The molecule has 1 unspecified atom stereocenters. The van der Waals surface area contributed by atoms with Crippen molar-refractivity contribution in [2.24, 2.45) is 5.73 Å². The molecule has 2 N–H and O–H groups in total. The molecule has 18 heavy (non-hydrogen) atoms. The Morgan fingerprint density at radius 3 is 2.72 bits per heavy atom. The number of rotatable bonds is 3. The zero-order valence-corrected chi connectivity index (χ0v) is 11.5. The van der Waals surface area contributed by atoms with E-state index < -0.39 is 5.54 Å². The Labute approximate surface area is 109 Å². The molecule has 0 saturated carbocycles. The third-order valence-corrected chi connectivity index (χ3v) is 4.02. The van der Waals surface area contributed by atoms with Crippen LogP contribution in [0.1, 0.15) is 25.7 Å². The summed E-state index contributed by atoms with van der Waals surface area (Å²) >= 11 is 0. The van der Waals surface area contributed by atoms with E-state index in [0.717, 1.165) is 25.9 Å². The van der Waals surface area contributed by atoms with E-state index in [4.69, 9.17) is 10.5 Å². The van der Waals surface area contributed by atoms with Gasteiger partial charge in [-0.2, -0.15) is 0 Å². The molecule has 0 radical (unpaired) electrons. The van der Waals surface area contributed by atoms with Crippen LogP contribution in [0.25, 0.3) is 0 Å². The monoisotopic (exact) mass is 255 g/mol. The van der Waals surface area contributed by atoms with Crippen LogP contribution in [0, 0.1) is 0 Å². The highest BCUT2D eigenvalue weighted by atomic mass is 16.5. The largest absolute Gasteiger partial charge is 0.381 e. The van der Waals surface area contributed by atoms with Crippen molar-refractivity contribution in [3.05, 3.63) is 0 Å². The van der Waals surface area contributed by atoms with E-state index in [0.29, 0.717) is 32.1 Å². The van der Waals surface area contributed by atoms with Gasteiger partial charge >= 0.3 is 0 Å². The van der Waals surface area contributed by atoms with Crippen LogP contribution < -0.4 is 5.73 Å².